The number of aliphatic hydroxyl groups is 1. The van der Waals surface area contributed by atoms with Crippen LogP contribution in [0.25, 0.3) is 11.0 Å². The number of aromatic nitrogens is 4. The zero-order valence-electron chi connectivity index (χ0n) is 17.2. The lowest BCUT2D eigenvalue weighted by molar-refractivity contribution is -0.115. The molecule has 0 unspecified atom stereocenters. The van der Waals surface area contributed by atoms with Crippen molar-refractivity contribution in [3.8, 4) is 0 Å². The van der Waals surface area contributed by atoms with E-state index in [2.05, 4.69) is 20.3 Å². The largest absolute Gasteiger partial charge is 0.394 e. The summed E-state index contributed by atoms with van der Waals surface area (Å²) in [5.74, 6) is -0.518. The first-order chi connectivity index (χ1) is 15.5. The second-order valence-corrected chi connectivity index (χ2v) is 7.82. The van der Waals surface area contributed by atoms with Crippen molar-refractivity contribution in [1.82, 2.24) is 19.5 Å². The lowest BCUT2D eigenvalue weighted by Gasteiger charge is -2.10. The van der Waals surface area contributed by atoms with Crippen LogP contribution < -0.4 is 5.32 Å². The number of halogens is 1. The van der Waals surface area contributed by atoms with Gasteiger partial charge >= 0.3 is 0 Å². The zero-order valence-corrected chi connectivity index (χ0v) is 18.0. The summed E-state index contributed by atoms with van der Waals surface area (Å²) in [5.41, 5.74) is 2.50. The van der Waals surface area contributed by atoms with E-state index in [9.17, 15) is 14.7 Å². The second kappa shape index (κ2) is 9.25. The Hall–Kier alpha value is -3.62. The molecule has 8 nitrogen and oxygen atoms in total. The number of benzene rings is 1. The van der Waals surface area contributed by atoms with E-state index in [1.165, 1.54) is 18.7 Å². The minimum atomic E-state index is -0.282. The summed E-state index contributed by atoms with van der Waals surface area (Å²) in [7, 11) is 0. The summed E-state index contributed by atoms with van der Waals surface area (Å²) >= 11 is 5.88. The molecule has 3 heterocycles. The van der Waals surface area contributed by atoms with Crippen LogP contribution in [0.3, 0.4) is 0 Å². The van der Waals surface area contributed by atoms with Gasteiger partial charge in [-0.1, -0.05) is 23.7 Å². The molecule has 9 heteroatoms. The maximum Gasteiger partial charge on any atom is 0.228 e. The van der Waals surface area contributed by atoms with E-state index in [1.54, 1.807) is 47.3 Å². The molecule has 1 aromatic carbocycles. The normalized spacial score (nSPS) is 12.0. The van der Waals surface area contributed by atoms with Crippen molar-refractivity contribution in [2.24, 2.45) is 0 Å². The van der Waals surface area contributed by atoms with Gasteiger partial charge in [0.05, 0.1) is 36.5 Å². The van der Waals surface area contributed by atoms with E-state index < -0.39 is 0 Å². The number of pyridine rings is 1. The number of hydrogen-bond donors (Lipinski definition) is 2. The molecular weight excluding hydrogens is 430 g/mol. The van der Waals surface area contributed by atoms with Gasteiger partial charge in [-0.25, -0.2) is 9.97 Å². The molecule has 0 fully saturated rings. The fourth-order valence-electron chi connectivity index (χ4n) is 3.37. The van der Waals surface area contributed by atoms with Crippen LogP contribution in [-0.2, 0) is 11.2 Å². The van der Waals surface area contributed by atoms with Gasteiger partial charge in [0.2, 0.25) is 5.91 Å². The highest BCUT2D eigenvalue weighted by atomic mass is 35.5. The number of fused-ring (bicyclic) bond motifs is 1. The maximum absolute atomic E-state index is 13.2. The number of carbonyl (C=O) groups is 2. The first-order valence-electron chi connectivity index (χ1n) is 9.91. The van der Waals surface area contributed by atoms with Gasteiger partial charge in [0.1, 0.15) is 12.0 Å². The van der Waals surface area contributed by atoms with Crippen LogP contribution in [0.1, 0.15) is 34.5 Å². The van der Waals surface area contributed by atoms with E-state index in [-0.39, 0.29) is 30.8 Å². The molecule has 0 saturated carbocycles. The molecule has 0 aliphatic carbocycles. The number of nitrogens with zero attached hydrogens (tertiary/aromatic N) is 4. The Bertz CT molecular complexity index is 1290. The lowest BCUT2D eigenvalue weighted by atomic mass is 10.1. The quantitative estimate of drug-likeness (QED) is 0.418. The number of amides is 1. The van der Waals surface area contributed by atoms with Gasteiger partial charge in [0, 0.05) is 34.6 Å². The van der Waals surface area contributed by atoms with Crippen molar-refractivity contribution in [3.05, 3.63) is 83.2 Å². The fourth-order valence-corrected chi connectivity index (χ4v) is 3.50. The summed E-state index contributed by atoms with van der Waals surface area (Å²) in [6, 6.07) is 8.34. The van der Waals surface area contributed by atoms with Crippen molar-refractivity contribution in [1.29, 1.82) is 0 Å². The summed E-state index contributed by atoms with van der Waals surface area (Å²) < 4.78 is 1.75. The number of rotatable bonds is 7. The van der Waals surface area contributed by atoms with Gasteiger partial charge in [-0.05, 0) is 30.7 Å². The molecule has 0 aliphatic heterocycles. The van der Waals surface area contributed by atoms with E-state index in [1.807, 2.05) is 6.92 Å². The van der Waals surface area contributed by atoms with Crippen molar-refractivity contribution in [2.45, 2.75) is 19.4 Å². The Morgan fingerprint density at radius 3 is 2.69 bits per heavy atom. The first-order valence-corrected chi connectivity index (χ1v) is 10.3. The van der Waals surface area contributed by atoms with Gasteiger partial charge in [0.15, 0.2) is 5.78 Å². The summed E-state index contributed by atoms with van der Waals surface area (Å²) in [6.07, 6.45) is 7.72. The topological polar surface area (TPSA) is 110 Å². The molecule has 0 radical (unpaired) electrons. The number of ketones is 1. The number of nitrogens with one attached hydrogen (secondary N) is 1. The second-order valence-electron chi connectivity index (χ2n) is 7.38. The first kappa shape index (κ1) is 21.6. The molecule has 0 aliphatic rings. The van der Waals surface area contributed by atoms with E-state index in [0.29, 0.717) is 32.9 Å². The maximum atomic E-state index is 13.2. The number of anilines is 1. The Kier molecular flexibility index (Phi) is 6.25. The molecule has 3 aromatic heterocycles. The fraction of sp³-hybridized carbons (Fsp3) is 0.174. The smallest absolute Gasteiger partial charge is 0.228 e. The predicted octanol–water partition coefficient (Wildman–Crippen LogP) is 3.45. The van der Waals surface area contributed by atoms with Gasteiger partial charge in [-0.3, -0.25) is 14.6 Å². The predicted molar refractivity (Wildman–Crippen MR) is 121 cm³/mol. The van der Waals surface area contributed by atoms with Crippen LogP contribution in [0.4, 0.5) is 5.69 Å². The van der Waals surface area contributed by atoms with Crippen LogP contribution in [0.5, 0.6) is 0 Å². The Labute approximate surface area is 188 Å². The minimum absolute atomic E-state index is 0.0991. The SMILES string of the molecule is C[C@H](CO)n1cc(C(=O)c2cncc(NC(=O)Cc3ccc(Cl)cc3)c2)c2cncnc21. The molecule has 1 amide bonds. The lowest BCUT2D eigenvalue weighted by Crippen LogP contribution is -2.15. The zero-order chi connectivity index (χ0) is 22.7. The highest BCUT2D eigenvalue weighted by Crippen LogP contribution is 2.25. The highest BCUT2D eigenvalue weighted by molar-refractivity contribution is 6.30. The Morgan fingerprint density at radius 2 is 1.94 bits per heavy atom. The molecule has 0 spiro atoms. The van der Waals surface area contributed by atoms with E-state index >= 15 is 0 Å². The van der Waals surface area contributed by atoms with Crippen LogP contribution in [0.15, 0.2) is 61.4 Å². The molecule has 0 bridgehead atoms. The van der Waals surface area contributed by atoms with Crippen LogP contribution in [-0.4, -0.2) is 42.9 Å². The van der Waals surface area contributed by atoms with Crippen molar-refractivity contribution in [2.75, 3.05) is 11.9 Å². The third-order valence-corrected chi connectivity index (χ3v) is 5.29. The molecule has 4 rings (SSSR count). The standard InChI is InChI=1S/C23H20ClN5O3/c1-14(12-30)29-11-20(19-10-26-13-27-23(19)29)22(32)16-7-18(9-25-8-16)28-21(31)6-15-2-4-17(24)5-3-15/h2-5,7-11,13-14,30H,6,12H2,1H3,(H,28,31)/t14-/m1/s1. The molecule has 32 heavy (non-hydrogen) atoms. The average molecular weight is 450 g/mol. The van der Waals surface area contributed by atoms with E-state index in [4.69, 9.17) is 11.6 Å². The van der Waals surface area contributed by atoms with E-state index in [0.717, 1.165) is 5.56 Å². The van der Waals surface area contributed by atoms with Crippen LogP contribution in [0.2, 0.25) is 5.02 Å². The highest BCUT2D eigenvalue weighted by Gasteiger charge is 2.20. The number of aliphatic hydroxyl groups excluding tert-OH is 1. The van der Waals surface area contributed by atoms with Gasteiger partial charge in [-0.15, -0.1) is 0 Å². The molecule has 162 valence electrons. The van der Waals surface area contributed by atoms with Crippen LogP contribution in [0, 0.1) is 0 Å². The van der Waals surface area contributed by atoms with Crippen LogP contribution >= 0.6 is 11.6 Å². The van der Waals surface area contributed by atoms with Gasteiger partial charge < -0.3 is 15.0 Å². The summed E-state index contributed by atoms with van der Waals surface area (Å²) in [4.78, 5) is 38.0. The third-order valence-electron chi connectivity index (χ3n) is 5.04. The molecule has 4 aromatic rings. The summed E-state index contributed by atoms with van der Waals surface area (Å²) in [6.45, 7) is 1.73. The number of hydrogen-bond acceptors (Lipinski definition) is 6. The Morgan fingerprint density at radius 1 is 1.16 bits per heavy atom. The minimum Gasteiger partial charge on any atom is -0.394 e. The van der Waals surface area contributed by atoms with Crippen molar-refractivity contribution >= 4 is 40.0 Å². The third kappa shape index (κ3) is 4.51. The summed E-state index contributed by atoms with van der Waals surface area (Å²) in [5, 5.41) is 13.5. The van der Waals surface area contributed by atoms with Gasteiger partial charge in [-0.2, -0.15) is 0 Å². The molecule has 1 atom stereocenters. The molecular formula is C23H20ClN5O3. The number of carbonyl (C=O) groups excluding carboxylic acids is 2. The monoisotopic (exact) mass is 449 g/mol. The van der Waals surface area contributed by atoms with Crippen molar-refractivity contribution < 1.29 is 14.7 Å². The molecule has 2 N–H and O–H groups in total. The van der Waals surface area contributed by atoms with Crippen molar-refractivity contribution in [3.63, 3.8) is 0 Å². The average Bonchev–Trinajstić information content (AvgIpc) is 3.19. The Balaban J connectivity index is 1.57. The van der Waals surface area contributed by atoms with Gasteiger partial charge in [0.25, 0.3) is 0 Å². The molecule has 0 saturated heterocycles.